The zero-order valence-electron chi connectivity index (χ0n) is 16.2. The number of ether oxygens (including phenoxy) is 3. The summed E-state index contributed by atoms with van der Waals surface area (Å²) in [4.78, 5) is 15.3. The van der Waals surface area contributed by atoms with Gasteiger partial charge in [0.05, 0.1) is 27.4 Å². The topological polar surface area (TPSA) is 48.0 Å². The summed E-state index contributed by atoms with van der Waals surface area (Å²) in [5.41, 5.74) is 1.76. The van der Waals surface area contributed by atoms with Gasteiger partial charge in [-0.1, -0.05) is 25.0 Å². The minimum Gasteiger partial charge on any atom is -0.497 e. The molecule has 1 aliphatic heterocycles. The zero-order chi connectivity index (χ0) is 19.2. The molecule has 1 aliphatic rings. The number of carbonyl (C=O) groups excluding carboxylic acids is 1. The summed E-state index contributed by atoms with van der Waals surface area (Å²) in [5, 5.41) is 0. The van der Waals surface area contributed by atoms with Crippen molar-refractivity contribution in [2.24, 2.45) is 0 Å². The predicted octanol–water partition coefficient (Wildman–Crippen LogP) is 4.47. The summed E-state index contributed by atoms with van der Waals surface area (Å²) in [6.07, 6.45) is 4.24. The van der Waals surface area contributed by atoms with E-state index >= 15 is 0 Å². The first-order valence-corrected chi connectivity index (χ1v) is 9.35. The van der Waals surface area contributed by atoms with E-state index in [1.165, 1.54) is 0 Å². The predicted molar refractivity (Wildman–Crippen MR) is 105 cm³/mol. The van der Waals surface area contributed by atoms with Crippen molar-refractivity contribution in [2.75, 3.05) is 27.9 Å². The second-order valence-electron chi connectivity index (χ2n) is 6.71. The van der Waals surface area contributed by atoms with Gasteiger partial charge >= 0.3 is 0 Å². The van der Waals surface area contributed by atoms with Gasteiger partial charge in [0.1, 0.15) is 5.75 Å². The lowest BCUT2D eigenvalue weighted by atomic mass is 10.00. The highest BCUT2D eigenvalue weighted by Crippen LogP contribution is 2.34. The molecule has 0 saturated carbocycles. The minimum atomic E-state index is 0.0265. The fourth-order valence-corrected chi connectivity index (χ4v) is 3.66. The smallest absolute Gasteiger partial charge is 0.254 e. The van der Waals surface area contributed by atoms with Crippen LogP contribution in [0.15, 0.2) is 42.5 Å². The van der Waals surface area contributed by atoms with Gasteiger partial charge in [0, 0.05) is 12.1 Å². The van der Waals surface area contributed by atoms with Crippen molar-refractivity contribution in [1.82, 2.24) is 4.90 Å². The number of rotatable bonds is 5. The Morgan fingerprint density at radius 3 is 2.30 bits per heavy atom. The summed E-state index contributed by atoms with van der Waals surface area (Å²) >= 11 is 0. The first-order chi connectivity index (χ1) is 13.2. The molecule has 0 aliphatic carbocycles. The van der Waals surface area contributed by atoms with Crippen molar-refractivity contribution in [2.45, 2.75) is 31.7 Å². The van der Waals surface area contributed by atoms with Crippen LogP contribution in [0.4, 0.5) is 0 Å². The molecule has 1 saturated heterocycles. The van der Waals surface area contributed by atoms with Gasteiger partial charge in [0.2, 0.25) is 0 Å². The van der Waals surface area contributed by atoms with E-state index in [-0.39, 0.29) is 11.9 Å². The maximum atomic E-state index is 13.3. The fraction of sp³-hybridized carbons (Fsp3) is 0.409. The molecule has 5 heteroatoms. The molecule has 0 radical (unpaired) electrons. The van der Waals surface area contributed by atoms with Gasteiger partial charge in [-0.25, -0.2) is 0 Å². The van der Waals surface area contributed by atoms with E-state index in [2.05, 4.69) is 12.1 Å². The number of benzene rings is 2. The Labute approximate surface area is 160 Å². The average molecular weight is 369 g/mol. The molecule has 2 aromatic rings. The van der Waals surface area contributed by atoms with Crippen LogP contribution in [0.1, 0.15) is 47.6 Å². The van der Waals surface area contributed by atoms with Crippen molar-refractivity contribution in [3.05, 3.63) is 53.6 Å². The Bertz CT molecular complexity index is 772. The fourth-order valence-electron chi connectivity index (χ4n) is 3.66. The quantitative estimate of drug-likeness (QED) is 0.780. The lowest BCUT2D eigenvalue weighted by Gasteiger charge is -2.31. The van der Waals surface area contributed by atoms with Crippen molar-refractivity contribution < 1.29 is 19.0 Å². The highest BCUT2D eigenvalue weighted by atomic mass is 16.5. The highest BCUT2D eigenvalue weighted by Gasteiger charge is 2.28. The van der Waals surface area contributed by atoms with Gasteiger partial charge in [-0.05, 0) is 48.7 Å². The normalized spacial score (nSPS) is 17.1. The molecule has 5 nitrogen and oxygen atoms in total. The van der Waals surface area contributed by atoms with E-state index in [4.69, 9.17) is 14.2 Å². The van der Waals surface area contributed by atoms with Crippen molar-refractivity contribution in [1.29, 1.82) is 0 Å². The third kappa shape index (κ3) is 4.18. The van der Waals surface area contributed by atoms with Crippen molar-refractivity contribution in [3.8, 4) is 17.2 Å². The van der Waals surface area contributed by atoms with Crippen LogP contribution in [0.2, 0.25) is 0 Å². The number of hydrogen-bond donors (Lipinski definition) is 0. The molecule has 3 rings (SSSR count). The van der Waals surface area contributed by atoms with E-state index in [0.29, 0.717) is 17.1 Å². The molecule has 1 fully saturated rings. The molecule has 1 heterocycles. The van der Waals surface area contributed by atoms with Crippen LogP contribution < -0.4 is 14.2 Å². The summed E-state index contributed by atoms with van der Waals surface area (Å²) in [7, 11) is 4.83. The lowest BCUT2D eigenvalue weighted by molar-refractivity contribution is 0.0680. The van der Waals surface area contributed by atoms with Crippen molar-refractivity contribution in [3.63, 3.8) is 0 Å². The zero-order valence-corrected chi connectivity index (χ0v) is 16.2. The Kier molecular flexibility index (Phi) is 6.22. The summed E-state index contributed by atoms with van der Waals surface area (Å²) in [6.45, 7) is 0.754. The maximum Gasteiger partial charge on any atom is 0.254 e. The molecule has 1 amide bonds. The molecular weight excluding hydrogens is 342 g/mol. The second-order valence-corrected chi connectivity index (χ2v) is 6.71. The number of methoxy groups -OCH3 is 3. The van der Waals surface area contributed by atoms with E-state index < -0.39 is 0 Å². The first-order valence-electron chi connectivity index (χ1n) is 9.35. The van der Waals surface area contributed by atoms with E-state index in [1.807, 2.05) is 17.0 Å². The van der Waals surface area contributed by atoms with E-state index in [0.717, 1.165) is 43.5 Å². The van der Waals surface area contributed by atoms with Crippen LogP contribution in [0, 0.1) is 0 Å². The molecular formula is C22H27NO4. The first kappa shape index (κ1) is 19.1. The van der Waals surface area contributed by atoms with Gasteiger partial charge in [0.15, 0.2) is 11.5 Å². The second kappa shape index (κ2) is 8.80. The number of amides is 1. The molecule has 144 valence electrons. The standard InChI is InChI=1S/C22H27NO4/c1-25-18-11-8-16(9-12-18)19-7-5-4-6-14-23(19)22(24)17-10-13-20(26-2)21(15-17)27-3/h8-13,15,19H,4-7,14H2,1-3H3/t19-/m0/s1. The van der Waals surface area contributed by atoms with Crippen LogP contribution >= 0.6 is 0 Å². The maximum absolute atomic E-state index is 13.3. The average Bonchev–Trinajstić information content (AvgIpc) is 2.98. The Morgan fingerprint density at radius 1 is 0.889 bits per heavy atom. The molecule has 0 spiro atoms. The molecule has 2 aromatic carbocycles. The van der Waals surface area contributed by atoms with Gasteiger partial charge in [-0.15, -0.1) is 0 Å². The van der Waals surface area contributed by atoms with Crippen LogP contribution in [0.3, 0.4) is 0 Å². The van der Waals surface area contributed by atoms with E-state index in [1.54, 1.807) is 39.5 Å². The molecule has 0 N–H and O–H groups in total. The molecule has 0 aromatic heterocycles. The molecule has 27 heavy (non-hydrogen) atoms. The minimum absolute atomic E-state index is 0.0265. The molecule has 0 bridgehead atoms. The van der Waals surface area contributed by atoms with E-state index in [9.17, 15) is 4.79 Å². The third-order valence-electron chi connectivity index (χ3n) is 5.14. The Balaban J connectivity index is 1.91. The number of likely N-dealkylation sites (tertiary alicyclic amines) is 1. The van der Waals surface area contributed by atoms with Crippen LogP contribution in [0.25, 0.3) is 0 Å². The number of carbonyl (C=O) groups is 1. The van der Waals surface area contributed by atoms with Crippen LogP contribution in [0.5, 0.6) is 17.2 Å². The van der Waals surface area contributed by atoms with Crippen molar-refractivity contribution >= 4 is 5.91 Å². The van der Waals surface area contributed by atoms with Gasteiger partial charge < -0.3 is 19.1 Å². The SMILES string of the molecule is COc1ccc([C@@H]2CCCCCN2C(=O)c2ccc(OC)c(OC)c2)cc1. The summed E-state index contributed by atoms with van der Waals surface area (Å²) in [5.74, 6) is 2.04. The van der Waals surface area contributed by atoms with Gasteiger partial charge in [-0.3, -0.25) is 4.79 Å². The summed E-state index contributed by atoms with van der Waals surface area (Å²) < 4.78 is 15.9. The summed E-state index contributed by atoms with van der Waals surface area (Å²) in [6, 6.07) is 13.5. The Morgan fingerprint density at radius 2 is 1.63 bits per heavy atom. The van der Waals surface area contributed by atoms with Crippen LogP contribution in [-0.4, -0.2) is 38.7 Å². The monoisotopic (exact) mass is 369 g/mol. The highest BCUT2D eigenvalue weighted by molar-refractivity contribution is 5.95. The Hall–Kier alpha value is -2.69. The number of nitrogens with zero attached hydrogens (tertiary/aromatic N) is 1. The largest absolute Gasteiger partial charge is 0.497 e. The lowest BCUT2D eigenvalue weighted by Crippen LogP contribution is -2.34. The molecule has 0 unspecified atom stereocenters. The van der Waals surface area contributed by atoms with Crippen LogP contribution in [-0.2, 0) is 0 Å². The third-order valence-corrected chi connectivity index (χ3v) is 5.14. The number of hydrogen-bond acceptors (Lipinski definition) is 4. The van der Waals surface area contributed by atoms with Gasteiger partial charge in [-0.2, -0.15) is 0 Å². The van der Waals surface area contributed by atoms with Gasteiger partial charge in [0.25, 0.3) is 5.91 Å². The molecule has 1 atom stereocenters.